The fraction of sp³-hybridized carbons (Fsp3) is 0.316. The van der Waals surface area contributed by atoms with E-state index in [-0.39, 0.29) is 11.8 Å². The van der Waals surface area contributed by atoms with Crippen molar-refractivity contribution < 1.29 is 14.3 Å². The van der Waals surface area contributed by atoms with Crippen molar-refractivity contribution in [2.24, 2.45) is 0 Å². The van der Waals surface area contributed by atoms with E-state index in [0.29, 0.717) is 24.5 Å². The molecule has 0 bridgehead atoms. The Bertz CT molecular complexity index is 640. The van der Waals surface area contributed by atoms with Gasteiger partial charge in [-0.15, -0.1) is 0 Å². The number of benzene rings is 2. The molecule has 4 heteroatoms. The van der Waals surface area contributed by atoms with Gasteiger partial charge in [0.25, 0.3) is 0 Å². The molecule has 2 rings (SSSR count). The lowest BCUT2D eigenvalue weighted by molar-refractivity contribution is -0.121. The number of nitrogens with one attached hydrogen (secondary N) is 1. The molecule has 4 nitrogen and oxygen atoms in total. The Morgan fingerprint density at radius 1 is 1.04 bits per heavy atom. The second-order valence-corrected chi connectivity index (χ2v) is 5.48. The van der Waals surface area contributed by atoms with Crippen LogP contribution in [0.25, 0.3) is 0 Å². The molecular weight excluding hydrogens is 290 g/mol. The van der Waals surface area contributed by atoms with Crippen LogP contribution in [0, 0.1) is 0 Å². The number of carbonyl (C=O) groups is 1. The van der Waals surface area contributed by atoms with Crippen molar-refractivity contribution in [3.8, 4) is 11.5 Å². The Labute approximate surface area is 137 Å². The highest BCUT2D eigenvalue weighted by Crippen LogP contribution is 2.27. The van der Waals surface area contributed by atoms with Crippen LogP contribution in [-0.2, 0) is 11.3 Å². The van der Waals surface area contributed by atoms with Gasteiger partial charge >= 0.3 is 0 Å². The minimum absolute atomic E-state index is 0.0381. The molecule has 0 spiro atoms. The topological polar surface area (TPSA) is 47.6 Å². The second kappa shape index (κ2) is 8.22. The Balaban J connectivity index is 1.89. The van der Waals surface area contributed by atoms with Gasteiger partial charge in [0.05, 0.1) is 14.2 Å². The van der Waals surface area contributed by atoms with Gasteiger partial charge in [-0.25, -0.2) is 0 Å². The number of ether oxygens (including phenoxy) is 2. The van der Waals surface area contributed by atoms with E-state index in [0.717, 1.165) is 5.56 Å². The third kappa shape index (κ3) is 4.74. The van der Waals surface area contributed by atoms with Crippen LogP contribution >= 0.6 is 0 Å². The van der Waals surface area contributed by atoms with Gasteiger partial charge in [-0.05, 0) is 29.2 Å². The molecule has 0 heterocycles. The molecule has 0 fully saturated rings. The minimum Gasteiger partial charge on any atom is -0.493 e. The molecular formula is C19H23NO3. The number of methoxy groups -OCH3 is 2. The molecule has 1 amide bonds. The Kier molecular flexibility index (Phi) is 6.03. The summed E-state index contributed by atoms with van der Waals surface area (Å²) < 4.78 is 10.5. The van der Waals surface area contributed by atoms with Crippen LogP contribution in [0.3, 0.4) is 0 Å². The predicted octanol–water partition coefficient (Wildman–Crippen LogP) is 3.51. The summed E-state index contributed by atoms with van der Waals surface area (Å²) in [6.07, 6.45) is 0.470. The Morgan fingerprint density at radius 2 is 1.74 bits per heavy atom. The molecule has 23 heavy (non-hydrogen) atoms. The van der Waals surface area contributed by atoms with Gasteiger partial charge in [-0.1, -0.05) is 43.3 Å². The van der Waals surface area contributed by atoms with E-state index in [1.165, 1.54) is 5.56 Å². The van der Waals surface area contributed by atoms with E-state index >= 15 is 0 Å². The SMILES string of the molecule is COc1ccc(CNC(=O)CC(C)c2ccccc2)cc1OC. The first-order chi connectivity index (χ1) is 11.1. The van der Waals surface area contributed by atoms with Crippen molar-refractivity contribution >= 4 is 5.91 Å². The maximum atomic E-state index is 12.1. The van der Waals surface area contributed by atoms with E-state index < -0.39 is 0 Å². The normalized spacial score (nSPS) is 11.6. The summed E-state index contributed by atoms with van der Waals surface area (Å²) in [5.74, 6) is 1.58. The van der Waals surface area contributed by atoms with Gasteiger partial charge in [-0.3, -0.25) is 4.79 Å². The molecule has 0 aliphatic carbocycles. The lowest BCUT2D eigenvalue weighted by Crippen LogP contribution is -2.24. The van der Waals surface area contributed by atoms with Gasteiger partial charge < -0.3 is 14.8 Å². The van der Waals surface area contributed by atoms with Crippen LogP contribution in [0.1, 0.15) is 30.4 Å². The predicted molar refractivity (Wildman–Crippen MR) is 90.9 cm³/mol. The van der Waals surface area contributed by atoms with E-state index in [4.69, 9.17) is 9.47 Å². The van der Waals surface area contributed by atoms with E-state index in [1.807, 2.05) is 48.5 Å². The smallest absolute Gasteiger partial charge is 0.220 e. The molecule has 0 saturated heterocycles. The average molecular weight is 313 g/mol. The first-order valence-corrected chi connectivity index (χ1v) is 7.66. The number of hydrogen-bond acceptors (Lipinski definition) is 3. The van der Waals surface area contributed by atoms with Crippen molar-refractivity contribution in [3.63, 3.8) is 0 Å². The van der Waals surface area contributed by atoms with Crippen molar-refractivity contribution in [2.75, 3.05) is 14.2 Å². The Morgan fingerprint density at radius 3 is 2.39 bits per heavy atom. The maximum Gasteiger partial charge on any atom is 0.220 e. The van der Waals surface area contributed by atoms with Crippen molar-refractivity contribution in [1.82, 2.24) is 5.32 Å². The molecule has 0 radical (unpaired) electrons. The third-order valence-corrected chi connectivity index (χ3v) is 3.80. The summed E-state index contributed by atoms with van der Waals surface area (Å²) in [5, 5.41) is 2.95. The van der Waals surface area contributed by atoms with Gasteiger partial charge in [0, 0.05) is 13.0 Å². The summed E-state index contributed by atoms with van der Waals surface area (Å²) in [6.45, 7) is 2.53. The van der Waals surface area contributed by atoms with E-state index in [1.54, 1.807) is 14.2 Å². The molecule has 122 valence electrons. The number of rotatable bonds is 7. The van der Waals surface area contributed by atoms with Crippen LogP contribution in [0.15, 0.2) is 48.5 Å². The van der Waals surface area contributed by atoms with E-state index in [9.17, 15) is 4.79 Å². The van der Waals surface area contributed by atoms with Crippen LogP contribution in [-0.4, -0.2) is 20.1 Å². The standard InChI is InChI=1S/C19H23NO3/c1-14(16-7-5-4-6-8-16)11-19(21)20-13-15-9-10-17(22-2)18(12-15)23-3/h4-10,12,14H,11,13H2,1-3H3,(H,20,21). The summed E-state index contributed by atoms with van der Waals surface area (Å²) in [7, 11) is 3.20. The summed E-state index contributed by atoms with van der Waals surface area (Å²) >= 11 is 0. The van der Waals surface area contributed by atoms with Gasteiger partial charge in [0.1, 0.15) is 0 Å². The van der Waals surface area contributed by atoms with Crippen LogP contribution in [0.4, 0.5) is 0 Å². The number of hydrogen-bond donors (Lipinski definition) is 1. The zero-order chi connectivity index (χ0) is 16.7. The molecule has 2 aromatic carbocycles. The summed E-state index contributed by atoms with van der Waals surface area (Å²) in [6, 6.07) is 15.7. The van der Waals surface area contributed by atoms with E-state index in [2.05, 4.69) is 12.2 Å². The van der Waals surface area contributed by atoms with Crippen molar-refractivity contribution in [3.05, 3.63) is 59.7 Å². The van der Waals surface area contributed by atoms with Crippen LogP contribution < -0.4 is 14.8 Å². The molecule has 0 aliphatic rings. The molecule has 0 aromatic heterocycles. The zero-order valence-corrected chi connectivity index (χ0v) is 13.8. The molecule has 1 unspecified atom stereocenters. The highest BCUT2D eigenvalue weighted by molar-refractivity contribution is 5.76. The molecule has 0 aliphatic heterocycles. The minimum atomic E-state index is 0.0381. The lowest BCUT2D eigenvalue weighted by Gasteiger charge is -2.13. The highest BCUT2D eigenvalue weighted by atomic mass is 16.5. The van der Waals surface area contributed by atoms with Gasteiger partial charge in [0.15, 0.2) is 11.5 Å². The first kappa shape index (κ1) is 16.9. The molecule has 0 saturated carbocycles. The lowest BCUT2D eigenvalue weighted by atomic mass is 9.97. The highest BCUT2D eigenvalue weighted by Gasteiger charge is 2.11. The second-order valence-electron chi connectivity index (χ2n) is 5.48. The average Bonchev–Trinajstić information content (AvgIpc) is 2.60. The monoisotopic (exact) mass is 313 g/mol. The third-order valence-electron chi connectivity index (χ3n) is 3.80. The largest absolute Gasteiger partial charge is 0.493 e. The van der Waals surface area contributed by atoms with Crippen molar-refractivity contribution in [1.29, 1.82) is 0 Å². The van der Waals surface area contributed by atoms with Gasteiger partial charge in [0.2, 0.25) is 5.91 Å². The maximum absolute atomic E-state index is 12.1. The Hall–Kier alpha value is -2.49. The van der Waals surface area contributed by atoms with Crippen LogP contribution in [0.2, 0.25) is 0 Å². The number of carbonyl (C=O) groups excluding carboxylic acids is 1. The van der Waals surface area contributed by atoms with Gasteiger partial charge in [-0.2, -0.15) is 0 Å². The molecule has 1 N–H and O–H groups in total. The van der Waals surface area contributed by atoms with Crippen LogP contribution in [0.5, 0.6) is 11.5 Å². The summed E-state index contributed by atoms with van der Waals surface area (Å²) in [5.41, 5.74) is 2.15. The summed E-state index contributed by atoms with van der Waals surface area (Å²) in [4.78, 5) is 12.1. The first-order valence-electron chi connectivity index (χ1n) is 7.66. The fourth-order valence-corrected chi connectivity index (χ4v) is 2.44. The zero-order valence-electron chi connectivity index (χ0n) is 13.8. The molecule has 1 atom stereocenters. The quantitative estimate of drug-likeness (QED) is 0.851. The fourth-order valence-electron chi connectivity index (χ4n) is 2.44. The number of amides is 1. The molecule has 2 aromatic rings. The van der Waals surface area contributed by atoms with Crippen molar-refractivity contribution in [2.45, 2.75) is 25.8 Å².